The van der Waals surface area contributed by atoms with Gasteiger partial charge in [0, 0.05) is 25.1 Å². The first-order valence-corrected chi connectivity index (χ1v) is 16.8. The number of halogens is 1. The van der Waals surface area contributed by atoms with Crippen molar-refractivity contribution in [1.29, 1.82) is 0 Å². The SMILES string of the molecule is Cc1ccc(CN(C(=O)CN(c2ccc(F)cc2)S(=O)(=O)c2ccc3c(c2)OCCO3)[C@H](Cc2ccccc2)C(=O)NC(C)C)cc1. The van der Waals surface area contributed by atoms with Crippen LogP contribution in [0.15, 0.2) is 102 Å². The average Bonchev–Trinajstić information content (AvgIpc) is 3.06. The van der Waals surface area contributed by atoms with Crippen molar-refractivity contribution in [3.8, 4) is 11.5 Å². The number of sulfonamides is 1. The minimum atomic E-state index is -4.40. The van der Waals surface area contributed by atoms with Gasteiger partial charge in [0.25, 0.3) is 10.0 Å². The lowest BCUT2D eigenvalue weighted by atomic mass is 10.0. The number of benzene rings is 4. The van der Waals surface area contributed by atoms with Crippen molar-refractivity contribution in [2.24, 2.45) is 0 Å². The van der Waals surface area contributed by atoms with Gasteiger partial charge in [0.1, 0.15) is 31.6 Å². The summed E-state index contributed by atoms with van der Waals surface area (Å²) in [5.41, 5.74) is 2.70. The second kappa shape index (κ2) is 14.7. The Balaban J connectivity index is 1.57. The van der Waals surface area contributed by atoms with E-state index in [9.17, 15) is 22.4 Å². The van der Waals surface area contributed by atoms with Gasteiger partial charge in [-0.15, -0.1) is 0 Å². The molecule has 1 N–H and O–H groups in total. The van der Waals surface area contributed by atoms with E-state index in [4.69, 9.17) is 9.47 Å². The third-order valence-electron chi connectivity index (χ3n) is 7.67. The van der Waals surface area contributed by atoms with E-state index < -0.39 is 34.3 Å². The van der Waals surface area contributed by atoms with Crippen LogP contribution in [0.1, 0.15) is 30.5 Å². The van der Waals surface area contributed by atoms with Crippen molar-refractivity contribution in [3.63, 3.8) is 0 Å². The Labute approximate surface area is 275 Å². The molecule has 1 heterocycles. The van der Waals surface area contributed by atoms with Gasteiger partial charge in [-0.25, -0.2) is 12.8 Å². The molecule has 0 spiro atoms. The summed E-state index contributed by atoms with van der Waals surface area (Å²) in [5.74, 6) is -0.880. The van der Waals surface area contributed by atoms with E-state index in [2.05, 4.69) is 5.32 Å². The van der Waals surface area contributed by atoms with Crippen LogP contribution in [0.2, 0.25) is 0 Å². The summed E-state index contributed by atoms with van der Waals surface area (Å²) in [6.07, 6.45) is 0.197. The smallest absolute Gasteiger partial charge is 0.264 e. The van der Waals surface area contributed by atoms with Crippen molar-refractivity contribution in [2.45, 2.75) is 50.7 Å². The lowest BCUT2D eigenvalue weighted by molar-refractivity contribution is -0.140. The minimum Gasteiger partial charge on any atom is -0.486 e. The number of anilines is 1. The number of amides is 2. The maximum absolute atomic E-state index is 14.5. The van der Waals surface area contributed by atoms with E-state index in [1.165, 1.54) is 35.2 Å². The van der Waals surface area contributed by atoms with Crippen LogP contribution in [-0.2, 0) is 32.6 Å². The lowest BCUT2D eigenvalue weighted by Crippen LogP contribution is -2.54. The Hall–Kier alpha value is -4.90. The van der Waals surface area contributed by atoms with Crippen molar-refractivity contribution >= 4 is 27.5 Å². The van der Waals surface area contributed by atoms with E-state index in [1.807, 2.05) is 75.4 Å². The molecule has 1 aliphatic rings. The van der Waals surface area contributed by atoms with Gasteiger partial charge in [-0.1, -0.05) is 60.2 Å². The standard InChI is InChI=1S/C36H38FN3O6S/c1-25(2)38-36(42)32(21-27-7-5-4-6-8-27)39(23-28-11-9-26(3)10-12-28)35(41)24-40(30-15-13-29(37)14-16-30)47(43,44)31-17-18-33-34(22-31)46-20-19-45-33/h4-18,22,25,32H,19-21,23-24H2,1-3H3,(H,38,42)/t32-/m1/s1. The van der Waals surface area contributed by atoms with Crippen LogP contribution >= 0.6 is 0 Å². The maximum atomic E-state index is 14.5. The predicted octanol–water partition coefficient (Wildman–Crippen LogP) is 5.27. The minimum absolute atomic E-state index is 0.0451. The van der Waals surface area contributed by atoms with E-state index >= 15 is 0 Å². The van der Waals surface area contributed by atoms with Crippen molar-refractivity contribution in [2.75, 3.05) is 24.1 Å². The first kappa shape index (κ1) is 33.5. The highest BCUT2D eigenvalue weighted by atomic mass is 32.2. The van der Waals surface area contributed by atoms with E-state index in [1.54, 1.807) is 0 Å². The number of nitrogens with one attached hydrogen (secondary N) is 1. The Bertz CT molecular complexity index is 1800. The van der Waals surface area contributed by atoms with E-state index in [-0.39, 0.29) is 47.9 Å². The quantitative estimate of drug-likeness (QED) is 0.222. The zero-order chi connectivity index (χ0) is 33.6. The highest BCUT2D eigenvalue weighted by Gasteiger charge is 2.35. The lowest BCUT2D eigenvalue weighted by Gasteiger charge is -2.34. The first-order valence-electron chi connectivity index (χ1n) is 15.4. The molecule has 1 atom stereocenters. The van der Waals surface area contributed by atoms with Crippen molar-refractivity contribution in [3.05, 3.63) is 120 Å². The number of fused-ring (bicyclic) bond motifs is 1. The molecule has 47 heavy (non-hydrogen) atoms. The Morgan fingerprint density at radius 3 is 2.17 bits per heavy atom. The molecule has 4 aromatic rings. The van der Waals surface area contributed by atoms with E-state index in [0.29, 0.717) is 12.4 Å². The third-order valence-corrected chi connectivity index (χ3v) is 9.44. The van der Waals surface area contributed by atoms with Crippen LogP contribution in [0.25, 0.3) is 0 Å². The Kier molecular flexibility index (Phi) is 10.5. The molecule has 1 aliphatic heterocycles. The molecule has 0 saturated heterocycles. The molecule has 246 valence electrons. The maximum Gasteiger partial charge on any atom is 0.264 e. The zero-order valence-corrected chi connectivity index (χ0v) is 27.4. The van der Waals surface area contributed by atoms with Gasteiger partial charge in [-0.2, -0.15) is 0 Å². The molecule has 0 aliphatic carbocycles. The number of carbonyl (C=O) groups is 2. The Morgan fingerprint density at radius 2 is 1.51 bits per heavy atom. The molecular weight excluding hydrogens is 621 g/mol. The fourth-order valence-corrected chi connectivity index (χ4v) is 6.70. The van der Waals surface area contributed by atoms with Crippen LogP contribution in [0.3, 0.4) is 0 Å². The Morgan fingerprint density at radius 1 is 0.851 bits per heavy atom. The molecular formula is C36H38FN3O6S. The highest BCUT2D eigenvalue weighted by Crippen LogP contribution is 2.34. The number of nitrogens with zero attached hydrogens (tertiary/aromatic N) is 2. The number of hydrogen-bond acceptors (Lipinski definition) is 6. The number of hydrogen-bond donors (Lipinski definition) is 1. The second-order valence-electron chi connectivity index (χ2n) is 11.7. The summed E-state index contributed by atoms with van der Waals surface area (Å²) >= 11 is 0. The fourth-order valence-electron chi connectivity index (χ4n) is 5.27. The van der Waals surface area contributed by atoms with Gasteiger partial charge in [0.15, 0.2) is 11.5 Å². The molecule has 0 radical (unpaired) electrons. The van der Waals surface area contributed by atoms with Crippen LogP contribution in [0.4, 0.5) is 10.1 Å². The van der Waals surface area contributed by atoms with E-state index in [0.717, 1.165) is 33.1 Å². The number of rotatable bonds is 12. The normalized spacial score (nSPS) is 13.1. The van der Waals surface area contributed by atoms with Crippen molar-refractivity contribution < 1.29 is 31.9 Å². The topological polar surface area (TPSA) is 105 Å². The molecule has 0 aromatic heterocycles. The fraction of sp³-hybridized carbons (Fsp3) is 0.278. The third kappa shape index (κ3) is 8.28. The summed E-state index contributed by atoms with van der Waals surface area (Å²) in [6.45, 7) is 5.59. The second-order valence-corrected chi connectivity index (χ2v) is 13.5. The molecule has 0 saturated carbocycles. The van der Waals surface area contributed by atoms with Crippen LogP contribution in [-0.4, -0.2) is 57.0 Å². The number of carbonyl (C=O) groups excluding carboxylic acids is 2. The molecule has 0 bridgehead atoms. The molecule has 2 amide bonds. The van der Waals surface area contributed by atoms with Gasteiger partial charge >= 0.3 is 0 Å². The average molecular weight is 660 g/mol. The highest BCUT2D eigenvalue weighted by molar-refractivity contribution is 7.92. The molecule has 9 nitrogen and oxygen atoms in total. The van der Waals surface area contributed by atoms with Crippen LogP contribution in [0.5, 0.6) is 11.5 Å². The monoisotopic (exact) mass is 659 g/mol. The molecule has 0 fully saturated rings. The van der Waals surface area contributed by atoms with Gasteiger partial charge in [-0.3, -0.25) is 13.9 Å². The largest absolute Gasteiger partial charge is 0.486 e. The van der Waals surface area contributed by atoms with Crippen molar-refractivity contribution in [1.82, 2.24) is 10.2 Å². The molecule has 0 unspecified atom stereocenters. The predicted molar refractivity (Wildman–Crippen MR) is 177 cm³/mol. The molecule has 4 aromatic carbocycles. The summed E-state index contributed by atoms with van der Waals surface area (Å²) in [5, 5.41) is 2.94. The molecule has 5 rings (SSSR count). The van der Waals surface area contributed by atoms with Crippen LogP contribution in [0, 0.1) is 12.7 Å². The van der Waals surface area contributed by atoms with Gasteiger partial charge in [-0.05, 0) is 68.3 Å². The summed E-state index contributed by atoms with van der Waals surface area (Å²) in [6, 6.07) is 24.8. The first-order chi connectivity index (χ1) is 22.5. The summed E-state index contributed by atoms with van der Waals surface area (Å²) < 4.78 is 54.7. The van der Waals surface area contributed by atoms with Gasteiger partial charge < -0.3 is 19.7 Å². The number of ether oxygens (including phenoxy) is 2. The van der Waals surface area contributed by atoms with Crippen LogP contribution < -0.4 is 19.1 Å². The summed E-state index contributed by atoms with van der Waals surface area (Å²) in [7, 11) is -4.40. The van der Waals surface area contributed by atoms with Gasteiger partial charge in [0.2, 0.25) is 11.8 Å². The number of aryl methyl sites for hydroxylation is 1. The molecule has 11 heteroatoms. The summed E-state index contributed by atoms with van der Waals surface area (Å²) in [4.78, 5) is 29.6. The van der Waals surface area contributed by atoms with Gasteiger partial charge in [0.05, 0.1) is 10.6 Å². The zero-order valence-electron chi connectivity index (χ0n) is 26.6.